The van der Waals surface area contributed by atoms with Gasteiger partial charge in [0, 0.05) is 35.5 Å². The van der Waals surface area contributed by atoms with Gasteiger partial charge in [-0.05, 0) is 42.0 Å². The molecule has 10 nitrogen and oxygen atoms in total. The van der Waals surface area contributed by atoms with Gasteiger partial charge in [0.1, 0.15) is 17.6 Å². The number of nitrogens with zero attached hydrogens (tertiary/aromatic N) is 6. The van der Waals surface area contributed by atoms with E-state index in [4.69, 9.17) is 4.42 Å². The average molecular weight is 562 g/mol. The predicted molar refractivity (Wildman–Crippen MR) is 157 cm³/mol. The molecule has 0 atom stereocenters. The molecule has 3 aromatic carbocycles. The third-order valence-electron chi connectivity index (χ3n) is 6.28. The van der Waals surface area contributed by atoms with Crippen LogP contribution in [0.4, 0.5) is 0 Å². The molecule has 0 aliphatic heterocycles. The summed E-state index contributed by atoms with van der Waals surface area (Å²) in [7, 11) is 1.89. The molecule has 0 aliphatic rings. The third-order valence-corrected chi connectivity index (χ3v) is 7.39. The van der Waals surface area contributed by atoms with E-state index in [1.165, 1.54) is 6.21 Å². The fourth-order valence-corrected chi connectivity index (χ4v) is 5.00. The van der Waals surface area contributed by atoms with E-state index >= 15 is 0 Å². The van der Waals surface area contributed by atoms with Gasteiger partial charge < -0.3 is 8.98 Å². The highest BCUT2D eigenvalue weighted by Gasteiger charge is 2.17. The van der Waals surface area contributed by atoms with E-state index in [2.05, 4.69) is 25.8 Å². The molecule has 6 rings (SSSR count). The van der Waals surface area contributed by atoms with Crippen LogP contribution in [-0.2, 0) is 12.8 Å². The zero-order valence-corrected chi connectivity index (χ0v) is 22.7. The lowest BCUT2D eigenvalue weighted by atomic mass is 10.1. The summed E-state index contributed by atoms with van der Waals surface area (Å²) in [6.45, 7) is 0. The first-order valence-electron chi connectivity index (χ1n) is 12.6. The molecule has 6 aromatic rings. The van der Waals surface area contributed by atoms with Crippen LogP contribution in [0.15, 0.2) is 117 Å². The van der Waals surface area contributed by atoms with Gasteiger partial charge in [-0.2, -0.15) is 10.2 Å². The molecule has 202 valence electrons. The number of aryl methyl sites for hydroxylation is 1. The van der Waals surface area contributed by atoms with Gasteiger partial charge in [-0.25, -0.2) is 14.9 Å². The molecule has 0 fully saturated rings. The Hall–Kier alpha value is -5.29. The van der Waals surface area contributed by atoms with Crippen molar-refractivity contribution in [1.29, 1.82) is 0 Å². The Morgan fingerprint density at radius 1 is 1.05 bits per heavy atom. The Bertz CT molecular complexity index is 1930. The second-order valence-electron chi connectivity index (χ2n) is 9.11. The van der Waals surface area contributed by atoms with Crippen LogP contribution < -0.4 is 11.1 Å². The minimum atomic E-state index is -0.516. The fraction of sp³-hybridized carbons (Fsp3) is 0.0667. The number of carbonyl (C=O) groups is 1. The number of hydrogen-bond acceptors (Lipinski definition) is 8. The molecule has 0 spiro atoms. The molecular formula is C30H23N7O3S. The largest absolute Gasteiger partial charge is 0.422 e. The van der Waals surface area contributed by atoms with Gasteiger partial charge in [0.05, 0.1) is 17.5 Å². The number of fused-ring (bicyclic) bond motifs is 1. The number of thioether (sulfide) groups is 1. The first-order chi connectivity index (χ1) is 20.0. The second kappa shape index (κ2) is 11.4. The van der Waals surface area contributed by atoms with E-state index in [1.807, 2.05) is 72.3 Å². The number of nitrogens with one attached hydrogen (secondary N) is 1. The lowest BCUT2D eigenvalue weighted by Gasteiger charge is -2.04. The minimum Gasteiger partial charge on any atom is -0.422 e. The van der Waals surface area contributed by atoms with E-state index in [9.17, 15) is 9.59 Å². The van der Waals surface area contributed by atoms with Gasteiger partial charge >= 0.3 is 5.63 Å². The van der Waals surface area contributed by atoms with Crippen molar-refractivity contribution in [3.8, 4) is 16.9 Å². The Morgan fingerprint density at radius 3 is 2.61 bits per heavy atom. The van der Waals surface area contributed by atoms with Crippen LogP contribution in [0.1, 0.15) is 21.5 Å². The Labute approximate surface area is 238 Å². The van der Waals surface area contributed by atoms with Gasteiger partial charge in [0.2, 0.25) is 0 Å². The number of carbonyl (C=O) groups excluding carboxylic acids is 1. The molecule has 0 bridgehead atoms. The molecule has 41 heavy (non-hydrogen) atoms. The van der Waals surface area contributed by atoms with Crippen molar-refractivity contribution >= 4 is 34.9 Å². The Balaban J connectivity index is 1.23. The maximum atomic E-state index is 12.9. The van der Waals surface area contributed by atoms with Crippen LogP contribution in [0.3, 0.4) is 0 Å². The smallest absolute Gasteiger partial charge is 0.345 e. The molecule has 0 saturated carbocycles. The van der Waals surface area contributed by atoms with Gasteiger partial charge in [-0.1, -0.05) is 60.3 Å². The van der Waals surface area contributed by atoms with Crippen LogP contribution in [0, 0.1) is 0 Å². The van der Waals surface area contributed by atoms with Crippen LogP contribution in [-0.4, -0.2) is 36.7 Å². The van der Waals surface area contributed by atoms with Gasteiger partial charge in [0.15, 0.2) is 5.16 Å². The Kier molecular flexibility index (Phi) is 7.25. The number of hydrogen-bond donors (Lipinski definition) is 1. The van der Waals surface area contributed by atoms with Crippen molar-refractivity contribution < 1.29 is 9.21 Å². The van der Waals surface area contributed by atoms with Crippen molar-refractivity contribution in [3.05, 3.63) is 125 Å². The highest BCUT2D eigenvalue weighted by molar-refractivity contribution is 7.98. The summed E-state index contributed by atoms with van der Waals surface area (Å²) in [5.41, 5.74) is 6.07. The molecular weight excluding hydrogens is 538 g/mol. The monoisotopic (exact) mass is 561 g/mol. The third kappa shape index (κ3) is 5.70. The number of rotatable bonds is 8. The summed E-state index contributed by atoms with van der Waals surface area (Å²) < 4.78 is 9.05. The SMILES string of the molecule is Cn1cnnc1SCc1ccc(C(=O)N/N=C/c2cn(-c3ccccc3)nc2-c2cc3ccccc3oc2=O)cc1. The van der Waals surface area contributed by atoms with E-state index in [0.29, 0.717) is 33.7 Å². The average Bonchev–Trinajstić information content (AvgIpc) is 3.62. The maximum Gasteiger partial charge on any atom is 0.345 e. The molecule has 3 aromatic heterocycles. The fourth-order valence-electron chi connectivity index (χ4n) is 4.16. The quantitative estimate of drug-likeness (QED) is 0.122. The molecule has 0 saturated heterocycles. The lowest BCUT2D eigenvalue weighted by molar-refractivity contribution is 0.0955. The number of hydrazone groups is 1. The van der Waals surface area contributed by atoms with E-state index in [1.54, 1.807) is 53.2 Å². The summed E-state index contributed by atoms with van der Waals surface area (Å²) >= 11 is 1.56. The predicted octanol–water partition coefficient (Wildman–Crippen LogP) is 4.83. The summed E-state index contributed by atoms with van der Waals surface area (Å²) in [5, 5.41) is 18.4. The highest BCUT2D eigenvalue weighted by atomic mass is 32.2. The summed E-state index contributed by atoms with van der Waals surface area (Å²) in [5.74, 6) is 0.333. The highest BCUT2D eigenvalue weighted by Crippen LogP contribution is 2.24. The Morgan fingerprint density at radius 2 is 1.83 bits per heavy atom. The van der Waals surface area contributed by atoms with Crippen LogP contribution >= 0.6 is 11.8 Å². The molecule has 0 aliphatic carbocycles. The van der Waals surface area contributed by atoms with E-state index in [-0.39, 0.29) is 5.91 Å². The molecule has 1 N–H and O–H groups in total. The maximum absolute atomic E-state index is 12.9. The molecule has 0 radical (unpaired) electrons. The van der Waals surface area contributed by atoms with Crippen molar-refractivity contribution in [1.82, 2.24) is 30.0 Å². The van der Waals surface area contributed by atoms with Gasteiger partial charge in [0.25, 0.3) is 5.91 Å². The van der Waals surface area contributed by atoms with Crippen LogP contribution in [0.25, 0.3) is 27.9 Å². The van der Waals surface area contributed by atoms with Crippen LogP contribution in [0.5, 0.6) is 0 Å². The number of amides is 1. The number of aromatic nitrogens is 5. The zero-order chi connectivity index (χ0) is 28.2. The van der Waals surface area contributed by atoms with Crippen molar-refractivity contribution in [2.45, 2.75) is 10.9 Å². The zero-order valence-electron chi connectivity index (χ0n) is 21.8. The molecule has 1 amide bonds. The van der Waals surface area contributed by atoms with Gasteiger partial charge in [-0.15, -0.1) is 10.2 Å². The summed E-state index contributed by atoms with van der Waals surface area (Å²) in [6.07, 6.45) is 4.88. The standard InChI is InChI=1S/C30H23N7O3S/c1-36-19-32-34-30(36)41-18-20-11-13-21(14-12-20)28(38)33-31-16-23-17-37(24-8-3-2-4-9-24)35-27(23)25-15-22-7-5-6-10-26(22)40-29(25)39/h2-17,19H,18H2,1H3,(H,33,38)/b31-16+. The molecule has 11 heteroatoms. The first-order valence-corrected chi connectivity index (χ1v) is 13.6. The number of benzene rings is 3. The first kappa shape index (κ1) is 26.0. The molecule has 0 unspecified atom stereocenters. The number of para-hydroxylation sites is 2. The van der Waals surface area contributed by atoms with Crippen LogP contribution in [0.2, 0.25) is 0 Å². The topological polar surface area (TPSA) is 120 Å². The summed E-state index contributed by atoms with van der Waals surface area (Å²) in [4.78, 5) is 25.7. The van der Waals surface area contributed by atoms with Gasteiger partial charge in [-0.3, -0.25) is 4.79 Å². The second-order valence-corrected chi connectivity index (χ2v) is 10.1. The van der Waals surface area contributed by atoms with E-state index < -0.39 is 5.63 Å². The lowest BCUT2D eigenvalue weighted by Crippen LogP contribution is -2.17. The molecule has 3 heterocycles. The van der Waals surface area contributed by atoms with Crippen molar-refractivity contribution in [3.63, 3.8) is 0 Å². The van der Waals surface area contributed by atoms with Crippen molar-refractivity contribution in [2.75, 3.05) is 0 Å². The van der Waals surface area contributed by atoms with E-state index in [0.717, 1.165) is 21.8 Å². The van der Waals surface area contributed by atoms with Crippen molar-refractivity contribution in [2.24, 2.45) is 12.1 Å². The normalized spacial score (nSPS) is 11.3. The minimum absolute atomic E-state index is 0.293. The summed E-state index contributed by atoms with van der Waals surface area (Å²) in [6, 6.07) is 25.8.